The molecule has 2 heterocycles. The number of halogens is 2. The third-order valence-electron chi connectivity index (χ3n) is 10.3. The summed E-state index contributed by atoms with van der Waals surface area (Å²) in [4.78, 5) is 23.9. The molecule has 0 saturated heterocycles. The van der Waals surface area contributed by atoms with Crippen LogP contribution in [0.4, 0.5) is 0 Å². The Hall–Kier alpha value is -4.48. The zero-order valence-corrected chi connectivity index (χ0v) is 41.6. The van der Waals surface area contributed by atoms with E-state index in [9.17, 15) is 9.59 Å². The van der Waals surface area contributed by atoms with E-state index in [4.69, 9.17) is 42.6 Å². The molecule has 0 amide bonds. The molecule has 328 valence electrons. The van der Waals surface area contributed by atoms with Crippen LogP contribution in [0.2, 0.25) is 0 Å². The second kappa shape index (κ2) is 22.1. The van der Waals surface area contributed by atoms with Crippen molar-refractivity contribution >= 4 is 101 Å². The van der Waals surface area contributed by atoms with Crippen LogP contribution >= 0.6 is 44.2 Å². The highest BCUT2D eigenvalue weighted by molar-refractivity contribution is 9.10. The van der Waals surface area contributed by atoms with Crippen LogP contribution in [0.3, 0.4) is 0 Å². The van der Waals surface area contributed by atoms with Gasteiger partial charge in [0, 0.05) is 53.4 Å². The second-order valence-electron chi connectivity index (χ2n) is 14.5. The maximum Gasteiger partial charge on any atom is 0.330 e. The van der Waals surface area contributed by atoms with Crippen LogP contribution in [-0.2, 0) is 42.7 Å². The predicted octanol–water partition coefficient (Wildman–Crippen LogP) is 10.0. The van der Waals surface area contributed by atoms with Gasteiger partial charge in [-0.15, -0.1) is 0 Å². The van der Waals surface area contributed by atoms with Crippen LogP contribution in [0.15, 0.2) is 191 Å². The smallest absolute Gasteiger partial charge is 0.330 e. The Kier molecular flexibility index (Phi) is 16.4. The molecule has 0 radical (unpaired) electrons. The zero-order chi connectivity index (χ0) is 45.1. The van der Waals surface area contributed by atoms with E-state index in [1.54, 1.807) is 26.0 Å². The number of nitrogens with one attached hydrogen (secondary N) is 2. The number of rotatable bonds is 14. The van der Waals surface area contributed by atoms with Gasteiger partial charge in [0.2, 0.25) is 0 Å². The summed E-state index contributed by atoms with van der Waals surface area (Å²) in [5.41, 5.74) is 2.00. The quantitative estimate of drug-likeness (QED) is 0.0624. The molecule has 64 heavy (non-hydrogen) atoms. The van der Waals surface area contributed by atoms with E-state index in [0.29, 0.717) is 13.2 Å². The van der Waals surface area contributed by atoms with Crippen molar-refractivity contribution in [1.29, 1.82) is 0 Å². The molecule has 8 nitrogen and oxygen atoms in total. The molecule has 0 fully saturated rings. The minimum atomic E-state index is -2.40. The average molecular weight is 1060 g/mol. The number of carbonyl (C=O) groups excluding carboxylic acids is 2. The molecule has 4 atom stereocenters. The fraction of sp³-hybridized carbons (Fsp3) is 0.160. The van der Waals surface area contributed by atoms with Crippen molar-refractivity contribution in [2.24, 2.45) is 0 Å². The summed E-state index contributed by atoms with van der Waals surface area (Å²) in [5.74, 6) is 0.758. The first-order valence-electron chi connectivity index (χ1n) is 20.6. The Morgan fingerprint density at radius 3 is 1.16 bits per heavy atom. The minimum absolute atomic E-state index is 0.237. The first-order chi connectivity index (χ1) is 31.0. The maximum absolute atomic E-state index is 12.0. The topological polar surface area (TPSA) is 95.1 Å². The lowest BCUT2D eigenvalue weighted by Crippen LogP contribution is -2.34. The van der Waals surface area contributed by atoms with Crippen molar-refractivity contribution in [3.8, 4) is 11.5 Å². The van der Waals surface area contributed by atoms with Crippen molar-refractivity contribution in [2.75, 3.05) is 13.2 Å². The van der Waals surface area contributed by atoms with Crippen LogP contribution in [0.1, 0.15) is 37.1 Å². The van der Waals surface area contributed by atoms with E-state index in [-0.39, 0.29) is 12.1 Å². The number of esters is 2. The molecule has 2 N–H and O–H groups in total. The Morgan fingerprint density at radius 1 is 0.547 bits per heavy atom. The monoisotopic (exact) mass is 1050 g/mol. The van der Waals surface area contributed by atoms with Gasteiger partial charge in [-0.1, -0.05) is 177 Å². The van der Waals surface area contributed by atoms with Crippen LogP contribution in [0.5, 0.6) is 11.5 Å². The molecule has 6 aromatic carbocycles. The van der Waals surface area contributed by atoms with E-state index < -0.39 is 36.5 Å². The second-order valence-corrected chi connectivity index (χ2v) is 24.7. The molecular formula is C50H46Br2N2O6P2S2. The zero-order valence-electron chi connectivity index (χ0n) is 35.0. The van der Waals surface area contributed by atoms with Gasteiger partial charge in [-0.3, -0.25) is 10.2 Å². The fourth-order valence-corrected chi connectivity index (χ4v) is 15.2. The van der Waals surface area contributed by atoms with Gasteiger partial charge in [-0.2, -0.15) is 0 Å². The summed E-state index contributed by atoms with van der Waals surface area (Å²) >= 11 is 19.9. The standard InChI is InChI=1S/2C25H23BrNO3PS/c2*1-2-29-24(28)16-15-23-25(21-17-18(26)13-14-22(21)30-23)27-31(32,19-9-5-3-6-10-19)20-11-7-4-8-12-20/h2*3-17,23,25H,2H2,1H3,(H,27,32)/b2*16-15+/t2*23-,25-/m10/s1. The molecule has 2 aliphatic rings. The maximum atomic E-state index is 12.0. The summed E-state index contributed by atoms with van der Waals surface area (Å²) < 4.78 is 24.4. The third kappa shape index (κ3) is 11.3. The molecule has 8 rings (SSSR count). The van der Waals surface area contributed by atoms with Gasteiger partial charge in [0.1, 0.15) is 23.7 Å². The van der Waals surface area contributed by atoms with E-state index >= 15 is 0 Å². The summed E-state index contributed by atoms with van der Waals surface area (Å²) in [6, 6.07) is 52.0. The van der Waals surface area contributed by atoms with Crippen molar-refractivity contribution in [1.82, 2.24) is 10.2 Å². The minimum Gasteiger partial charge on any atom is -0.484 e. The summed E-state index contributed by atoms with van der Waals surface area (Å²) in [7, 11) is 0. The Bertz CT molecular complexity index is 2440. The molecular weight excluding hydrogens is 1010 g/mol. The Labute approximate surface area is 401 Å². The summed E-state index contributed by atoms with van der Waals surface area (Å²) in [6.45, 7) is 4.22. The molecule has 14 heteroatoms. The van der Waals surface area contributed by atoms with Crippen LogP contribution in [-0.4, -0.2) is 37.4 Å². The van der Waals surface area contributed by atoms with Gasteiger partial charge in [0.25, 0.3) is 0 Å². The Balaban J connectivity index is 0.000000191. The lowest BCUT2D eigenvalue weighted by Gasteiger charge is -2.30. The SMILES string of the molecule is CCOC(=O)/C=C/[C@@H]1Oc2ccc(Br)cc2[C@@H]1NP(=S)(c1ccccc1)c1ccccc1.CCOC(=O)/C=C/[C@H]1Oc2ccc(Br)cc2[C@H]1NP(=S)(c1ccccc1)c1ccccc1. The molecule has 0 bridgehead atoms. The number of ether oxygens (including phenoxy) is 4. The number of fused-ring (bicyclic) bond motifs is 2. The lowest BCUT2D eigenvalue weighted by atomic mass is 10.0. The third-order valence-corrected chi connectivity index (χ3v) is 19.9. The molecule has 0 aliphatic carbocycles. The first kappa shape index (κ1) is 47.5. The first-order valence-corrected chi connectivity index (χ1v) is 27.8. The van der Waals surface area contributed by atoms with Gasteiger partial charge in [0.05, 0.1) is 37.7 Å². The van der Waals surface area contributed by atoms with Crippen molar-refractivity contribution in [3.63, 3.8) is 0 Å². The molecule has 0 aromatic heterocycles. The van der Waals surface area contributed by atoms with Crippen LogP contribution in [0, 0.1) is 0 Å². The average Bonchev–Trinajstić information content (AvgIpc) is 3.84. The van der Waals surface area contributed by atoms with E-state index in [0.717, 1.165) is 52.8 Å². The molecule has 6 aromatic rings. The Morgan fingerprint density at radius 2 is 0.859 bits per heavy atom. The van der Waals surface area contributed by atoms with Crippen molar-refractivity contribution in [3.05, 3.63) is 202 Å². The predicted molar refractivity (Wildman–Crippen MR) is 273 cm³/mol. The molecule has 0 spiro atoms. The molecule has 0 unspecified atom stereocenters. The van der Waals surface area contributed by atoms with E-state index in [1.165, 1.54) is 12.2 Å². The summed E-state index contributed by atoms with van der Waals surface area (Å²) in [6.07, 6.45) is 0.741. The van der Waals surface area contributed by atoms with E-state index in [2.05, 4.69) is 90.6 Å². The van der Waals surface area contributed by atoms with E-state index in [1.807, 2.05) is 109 Å². The largest absolute Gasteiger partial charge is 0.484 e. The normalized spacial score (nSPS) is 17.7. The van der Waals surface area contributed by atoms with Gasteiger partial charge >= 0.3 is 11.9 Å². The summed E-state index contributed by atoms with van der Waals surface area (Å²) in [5, 5.41) is 11.9. The van der Waals surface area contributed by atoms with Crippen LogP contribution in [0.25, 0.3) is 0 Å². The van der Waals surface area contributed by atoms with Gasteiger partial charge in [0.15, 0.2) is 0 Å². The van der Waals surface area contributed by atoms with Gasteiger partial charge < -0.3 is 18.9 Å². The molecule has 0 saturated carbocycles. The molecule has 2 aliphatic heterocycles. The van der Waals surface area contributed by atoms with Gasteiger partial charge in [-0.25, -0.2) is 9.59 Å². The number of carbonyl (C=O) groups is 2. The van der Waals surface area contributed by atoms with Crippen molar-refractivity contribution < 1.29 is 28.5 Å². The fourth-order valence-electron chi connectivity index (χ4n) is 7.38. The highest BCUT2D eigenvalue weighted by Crippen LogP contribution is 2.49. The van der Waals surface area contributed by atoms with Gasteiger partial charge in [-0.05, 0) is 62.4 Å². The number of benzene rings is 6. The lowest BCUT2D eigenvalue weighted by molar-refractivity contribution is -0.138. The van der Waals surface area contributed by atoms with Crippen LogP contribution < -0.4 is 40.9 Å². The highest BCUT2D eigenvalue weighted by Gasteiger charge is 2.39. The highest BCUT2D eigenvalue weighted by atomic mass is 79.9. The number of hydrogen-bond acceptors (Lipinski definition) is 8. The van der Waals surface area contributed by atoms with Crippen molar-refractivity contribution in [2.45, 2.75) is 38.1 Å². The number of hydrogen-bond donors (Lipinski definition) is 2.